The fourth-order valence-corrected chi connectivity index (χ4v) is 2.89. The van der Waals surface area contributed by atoms with Crippen molar-refractivity contribution in [2.45, 2.75) is 38.9 Å². The third kappa shape index (κ3) is 4.61. The van der Waals surface area contributed by atoms with Gasteiger partial charge in [-0.05, 0) is 38.8 Å². The minimum absolute atomic E-state index is 0.0165. The SMILES string of the molecule is CC(C)NC(=O)c1ccc(N2CCC[C@@H](C(F)(F)F)C2)c([N+](=O)[O-])c1. The van der Waals surface area contributed by atoms with Crippen LogP contribution in [0, 0.1) is 16.0 Å². The highest BCUT2D eigenvalue weighted by atomic mass is 19.4. The number of nitro groups is 1. The van der Waals surface area contributed by atoms with Crippen LogP contribution in [0.25, 0.3) is 0 Å². The van der Waals surface area contributed by atoms with Crippen molar-refractivity contribution < 1.29 is 22.9 Å². The largest absolute Gasteiger partial charge is 0.393 e. The number of hydrogen-bond acceptors (Lipinski definition) is 4. The van der Waals surface area contributed by atoms with Crippen LogP contribution < -0.4 is 10.2 Å². The summed E-state index contributed by atoms with van der Waals surface area (Å²) in [7, 11) is 0. The van der Waals surface area contributed by atoms with E-state index in [9.17, 15) is 28.1 Å². The molecule has 9 heteroatoms. The Balaban J connectivity index is 2.31. The number of carbonyl (C=O) groups is 1. The molecule has 1 heterocycles. The lowest BCUT2D eigenvalue weighted by Gasteiger charge is -2.35. The molecule has 1 aromatic rings. The Morgan fingerprint density at radius 2 is 2.08 bits per heavy atom. The molecule has 0 radical (unpaired) electrons. The number of piperidine rings is 1. The number of halogens is 3. The van der Waals surface area contributed by atoms with Crippen LogP contribution in [-0.4, -0.2) is 36.1 Å². The van der Waals surface area contributed by atoms with Crippen molar-refractivity contribution in [3.05, 3.63) is 33.9 Å². The quantitative estimate of drug-likeness (QED) is 0.659. The van der Waals surface area contributed by atoms with Gasteiger partial charge in [-0.25, -0.2) is 0 Å². The molecule has 1 fully saturated rings. The molecule has 138 valence electrons. The molecule has 1 aliphatic rings. The van der Waals surface area contributed by atoms with Crippen LogP contribution >= 0.6 is 0 Å². The van der Waals surface area contributed by atoms with Gasteiger partial charge in [-0.1, -0.05) is 0 Å². The molecule has 1 saturated heterocycles. The summed E-state index contributed by atoms with van der Waals surface area (Å²) in [5, 5.41) is 14.0. The molecule has 1 atom stereocenters. The zero-order valence-corrected chi connectivity index (χ0v) is 14.0. The summed E-state index contributed by atoms with van der Waals surface area (Å²) in [6.07, 6.45) is -4.01. The summed E-state index contributed by atoms with van der Waals surface area (Å²) in [5.41, 5.74) is -0.146. The normalized spacial score (nSPS) is 18.3. The standard InChI is InChI=1S/C16H20F3N3O3/c1-10(2)20-15(23)11-5-6-13(14(8-11)22(24)25)21-7-3-4-12(9-21)16(17,18)19/h5-6,8,10,12H,3-4,7,9H2,1-2H3,(H,20,23)/t12-/m1/s1. The molecular weight excluding hydrogens is 339 g/mol. The molecule has 1 amide bonds. The van der Waals surface area contributed by atoms with Gasteiger partial charge in [0.05, 0.1) is 10.8 Å². The second kappa shape index (κ2) is 7.28. The molecular formula is C16H20F3N3O3. The molecule has 6 nitrogen and oxygen atoms in total. The molecule has 0 spiro atoms. The average Bonchev–Trinajstić information content (AvgIpc) is 2.53. The fourth-order valence-electron chi connectivity index (χ4n) is 2.89. The number of carbonyl (C=O) groups excluding carboxylic acids is 1. The van der Waals surface area contributed by atoms with Crippen LogP contribution in [0.5, 0.6) is 0 Å². The van der Waals surface area contributed by atoms with E-state index >= 15 is 0 Å². The van der Waals surface area contributed by atoms with Gasteiger partial charge >= 0.3 is 6.18 Å². The number of rotatable bonds is 4. The van der Waals surface area contributed by atoms with Crippen LogP contribution in [-0.2, 0) is 0 Å². The van der Waals surface area contributed by atoms with Gasteiger partial charge in [0.1, 0.15) is 5.69 Å². The molecule has 1 aromatic carbocycles. The first-order valence-electron chi connectivity index (χ1n) is 8.00. The summed E-state index contributed by atoms with van der Waals surface area (Å²) in [5.74, 6) is -1.97. The van der Waals surface area contributed by atoms with E-state index in [1.807, 2.05) is 0 Å². The number of nitrogens with zero attached hydrogens (tertiary/aromatic N) is 2. The van der Waals surface area contributed by atoms with E-state index in [1.54, 1.807) is 13.8 Å². The zero-order chi connectivity index (χ0) is 18.8. The highest BCUT2D eigenvalue weighted by molar-refractivity contribution is 5.96. The molecule has 25 heavy (non-hydrogen) atoms. The zero-order valence-electron chi connectivity index (χ0n) is 14.0. The van der Waals surface area contributed by atoms with Gasteiger partial charge in [-0.3, -0.25) is 14.9 Å². The third-order valence-electron chi connectivity index (χ3n) is 4.08. The Labute approximate surface area is 143 Å². The first kappa shape index (κ1) is 19.0. The Morgan fingerprint density at radius 3 is 2.64 bits per heavy atom. The van der Waals surface area contributed by atoms with Crippen molar-refractivity contribution in [2.75, 3.05) is 18.0 Å². The molecule has 0 saturated carbocycles. The van der Waals surface area contributed by atoms with Crippen molar-refractivity contribution in [3.63, 3.8) is 0 Å². The van der Waals surface area contributed by atoms with Gasteiger partial charge < -0.3 is 10.2 Å². The van der Waals surface area contributed by atoms with Crippen LogP contribution in [0.4, 0.5) is 24.5 Å². The van der Waals surface area contributed by atoms with Crippen molar-refractivity contribution in [2.24, 2.45) is 5.92 Å². The Bertz CT molecular complexity index is 662. The van der Waals surface area contributed by atoms with E-state index in [1.165, 1.54) is 17.0 Å². The predicted molar refractivity (Wildman–Crippen MR) is 86.7 cm³/mol. The minimum Gasteiger partial charge on any atom is -0.365 e. The summed E-state index contributed by atoms with van der Waals surface area (Å²) in [6.45, 7) is 3.50. The average molecular weight is 359 g/mol. The monoisotopic (exact) mass is 359 g/mol. The van der Waals surface area contributed by atoms with E-state index in [4.69, 9.17) is 0 Å². The molecule has 0 unspecified atom stereocenters. The van der Waals surface area contributed by atoms with E-state index in [0.29, 0.717) is 13.0 Å². The molecule has 0 aliphatic carbocycles. The number of nitro benzene ring substituents is 1. The van der Waals surface area contributed by atoms with Crippen molar-refractivity contribution in [3.8, 4) is 0 Å². The van der Waals surface area contributed by atoms with Crippen LogP contribution in [0.1, 0.15) is 37.0 Å². The molecule has 0 bridgehead atoms. The molecule has 1 aliphatic heterocycles. The molecule has 0 aromatic heterocycles. The Kier molecular flexibility index (Phi) is 5.54. The maximum Gasteiger partial charge on any atom is 0.393 e. The highest BCUT2D eigenvalue weighted by Crippen LogP contribution is 2.37. The van der Waals surface area contributed by atoms with E-state index in [-0.39, 0.29) is 35.9 Å². The Hall–Kier alpha value is -2.32. The molecule has 1 N–H and O–H groups in total. The van der Waals surface area contributed by atoms with Gasteiger partial charge in [0.2, 0.25) is 0 Å². The first-order chi connectivity index (χ1) is 11.6. The maximum atomic E-state index is 13.0. The lowest BCUT2D eigenvalue weighted by Crippen LogP contribution is -2.42. The smallest absolute Gasteiger partial charge is 0.365 e. The van der Waals surface area contributed by atoms with E-state index in [0.717, 1.165) is 6.07 Å². The third-order valence-corrected chi connectivity index (χ3v) is 4.08. The number of amides is 1. The number of hydrogen-bond donors (Lipinski definition) is 1. The van der Waals surface area contributed by atoms with E-state index < -0.39 is 22.9 Å². The lowest BCUT2D eigenvalue weighted by atomic mass is 9.96. The topological polar surface area (TPSA) is 75.5 Å². The summed E-state index contributed by atoms with van der Waals surface area (Å²) in [6, 6.07) is 3.73. The number of alkyl halides is 3. The fraction of sp³-hybridized carbons (Fsp3) is 0.562. The van der Waals surface area contributed by atoms with Gasteiger partial charge in [-0.15, -0.1) is 0 Å². The summed E-state index contributed by atoms with van der Waals surface area (Å²) < 4.78 is 38.9. The summed E-state index contributed by atoms with van der Waals surface area (Å²) >= 11 is 0. The lowest BCUT2D eigenvalue weighted by molar-refractivity contribution is -0.384. The second-order valence-electron chi connectivity index (χ2n) is 6.42. The van der Waals surface area contributed by atoms with Gasteiger partial charge in [0.15, 0.2) is 0 Å². The van der Waals surface area contributed by atoms with Crippen LogP contribution in [0.15, 0.2) is 18.2 Å². The number of anilines is 1. The molecule has 2 rings (SSSR count). The second-order valence-corrected chi connectivity index (χ2v) is 6.42. The first-order valence-corrected chi connectivity index (χ1v) is 8.00. The van der Waals surface area contributed by atoms with Gasteiger partial charge in [0.25, 0.3) is 11.6 Å². The van der Waals surface area contributed by atoms with E-state index in [2.05, 4.69) is 5.32 Å². The Morgan fingerprint density at radius 1 is 1.40 bits per heavy atom. The van der Waals surface area contributed by atoms with Gasteiger partial charge in [0, 0.05) is 30.8 Å². The van der Waals surface area contributed by atoms with Crippen molar-refractivity contribution >= 4 is 17.3 Å². The number of benzene rings is 1. The highest BCUT2D eigenvalue weighted by Gasteiger charge is 2.42. The van der Waals surface area contributed by atoms with Crippen LogP contribution in [0.3, 0.4) is 0 Å². The predicted octanol–water partition coefficient (Wildman–Crippen LogP) is 3.51. The minimum atomic E-state index is -4.33. The summed E-state index contributed by atoms with van der Waals surface area (Å²) in [4.78, 5) is 24.1. The van der Waals surface area contributed by atoms with Crippen LogP contribution in [0.2, 0.25) is 0 Å². The maximum absolute atomic E-state index is 13.0. The van der Waals surface area contributed by atoms with Gasteiger partial charge in [-0.2, -0.15) is 13.2 Å². The van der Waals surface area contributed by atoms with Crippen molar-refractivity contribution in [1.29, 1.82) is 0 Å². The van der Waals surface area contributed by atoms with Crippen molar-refractivity contribution in [1.82, 2.24) is 5.32 Å². The number of nitrogens with one attached hydrogen (secondary N) is 1.